The molecule has 1 unspecified atom stereocenters. The first-order valence-electron chi connectivity index (χ1n) is 6.49. The summed E-state index contributed by atoms with van der Waals surface area (Å²) in [6.45, 7) is 4.39. The van der Waals surface area contributed by atoms with Crippen molar-refractivity contribution in [1.82, 2.24) is 14.5 Å². The van der Waals surface area contributed by atoms with Crippen molar-refractivity contribution in [2.75, 3.05) is 33.7 Å². The summed E-state index contributed by atoms with van der Waals surface area (Å²) in [5, 5.41) is 2.94. The molecule has 1 aromatic heterocycles. The molecule has 1 aromatic rings. The van der Waals surface area contributed by atoms with E-state index < -0.39 is 10.0 Å². The number of rotatable bonds is 4. The largest absolute Gasteiger partial charge is 0.452 e. The summed E-state index contributed by atoms with van der Waals surface area (Å²) >= 11 is 3.21. The fourth-order valence-electron chi connectivity index (χ4n) is 2.44. The molecule has 1 aliphatic rings. The van der Waals surface area contributed by atoms with E-state index in [1.54, 1.807) is 17.4 Å². The zero-order valence-electron chi connectivity index (χ0n) is 11.9. The van der Waals surface area contributed by atoms with Crippen LogP contribution in [0.15, 0.2) is 20.0 Å². The predicted molar refractivity (Wildman–Crippen MR) is 80.0 cm³/mol. The van der Waals surface area contributed by atoms with Crippen LogP contribution < -0.4 is 5.32 Å². The Kier molecular flexibility index (Phi) is 4.91. The Morgan fingerprint density at radius 2 is 2.20 bits per heavy atom. The predicted octanol–water partition coefficient (Wildman–Crippen LogP) is 1.09. The molecule has 8 heteroatoms. The fraction of sp³-hybridized carbons (Fsp3) is 0.667. The summed E-state index contributed by atoms with van der Waals surface area (Å²) in [4.78, 5) is 2.34. The van der Waals surface area contributed by atoms with Crippen molar-refractivity contribution in [1.29, 1.82) is 0 Å². The maximum Gasteiger partial charge on any atom is 0.247 e. The van der Waals surface area contributed by atoms with Crippen LogP contribution >= 0.6 is 15.9 Å². The monoisotopic (exact) mass is 365 g/mol. The molecule has 2 heterocycles. The van der Waals surface area contributed by atoms with E-state index in [0.717, 1.165) is 13.1 Å². The minimum Gasteiger partial charge on any atom is -0.452 e. The number of furan rings is 1. The molecule has 2 rings (SSSR count). The first-order chi connectivity index (χ1) is 9.36. The lowest BCUT2D eigenvalue weighted by Gasteiger charge is -2.36. The van der Waals surface area contributed by atoms with Crippen molar-refractivity contribution in [2.45, 2.75) is 24.4 Å². The average molecular weight is 366 g/mol. The van der Waals surface area contributed by atoms with Crippen molar-refractivity contribution in [3.8, 4) is 0 Å². The number of nitrogens with one attached hydrogen (secondary N) is 1. The molecule has 0 radical (unpaired) electrons. The summed E-state index contributed by atoms with van der Waals surface area (Å²) in [5.41, 5.74) is 0. The van der Waals surface area contributed by atoms with E-state index in [1.807, 2.05) is 14.0 Å². The molecule has 1 saturated heterocycles. The van der Waals surface area contributed by atoms with Gasteiger partial charge >= 0.3 is 0 Å². The summed E-state index contributed by atoms with van der Waals surface area (Å²) in [5.74, 6) is 0.597. The zero-order chi connectivity index (χ0) is 14.9. The van der Waals surface area contributed by atoms with Crippen LogP contribution in [0.2, 0.25) is 0 Å². The first kappa shape index (κ1) is 16.0. The van der Waals surface area contributed by atoms with Crippen LogP contribution in [-0.4, -0.2) is 57.4 Å². The van der Waals surface area contributed by atoms with Gasteiger partial charge in [-0.05, 0) is 36.9 Å². The lowest BCUT2D eigenvalue weighted by Crippen LogP contribution is -2.52. The van der Waals surface area contributed by atoms with Crippen molar-refractivity contribution < 1.29 is 12.8 Å². The molecule has 1 atom stereocenters. The number of piperazine rings is 1. The van der Waals surface area contributed by atoms with Gasteiger partial charge in [0.2, 0.25) is 10.0 Å². The van der Waals surface area contributed by atoms with Gasteiger partial charge in [-0.1, -0.05) is 0 Å². The fourth-order valence-corrected chi connectivity index (χ4v) is 5.02. The highest BCUT2D eigenvalue weighted by atomic mass is 79.9. The zero-order valence-corrected chi connectivity index (χ0v) is 14.3. The van der Waals surface area contributed by atoms with Crippen molar-refractivity contribution in [3.05, 3.63) is 16.5 Å². The van der Waals surface area contributed by atoms with Crippen LogP contribution in [0.5, 0.6) is 0 Å². The maximum absolute atomic E-state index is 12.7. The Balaban J connectivity index is 2.30. The Labute approximate surface area is 128 Å². The van der Waals surface area contributed by atoms with Crippen LogP contribution in [0.4, 0.5) is 0 Å². The normalized spacial score (nSPS) is 22.3. The molecule has 114 valence electrons. The Bertz CT molecular complexity index is 573. The molecule has 20 heavy (non-hydrogen) atoms. The topological polar surface area (TPSA) is 65.8 Å². The molecule has 0 saturated carbocycles. The highest BCUT2D eigenvalue weighted by Gasteiger charge is 2.35. The summed E-state index contributed by atoms with van der Waals surface area (Å²) in [6.07, 6.45) is 0. The van der Waals surface area contributed by atoms with E-state index in [2.05, 4.69) is 26.1 Å². The van der Waals surface area contributed by atoms with Crippen molar-refractivity contribution in [2.24, 2.45) is 0 Å². The van der Waals surface area contributed by atoms with E-state index in [-0.39, 0.29) is 15.6 Å². The van der Waals surface area contributed by atoms with Gasteiger partial charge in [0.1, 0.15) is 10.7 Å². The van der Waals surface area contributed by atoms with Gasteiger partial charge in [0, 0.05) is 31.7 Å². The van der Waals surface area contributed by atoms with Gasteiger partial charge in [-0.25, -0.2) is 8.42 Å². The van der Waals surface area contributed by atoms with E-state index in [0.29, 0.717) is 18.8 Å². The molecule has 6 nitrogen and oxygen atoms in total. The third-order valence-corrected chi connectivity index (χ3v) is 6.28. The third-order valence-electron chi connectivity index (χ3n) is 3.41. The molecule has 0 spiro atoms. The van der Waals surface area contributed by atoms with Gasteiger partial charge in [0.25, 0.3) is 0 Å². The summed E-state index contributed by atoms with van der Waals surface area (Å²) < 4.78 is 32.7. The van der Waals surface area contributed by atoms with Crippen LogP contribution in [-0.2, 0) is 16.6 Å². The van der Waals surface area contributed by atoms with Crippen molar-refractivity contribution >= 4 is 26.0 Å². The highest BCUT2D eigenvalue weighted by Crippen LogP contribution is 2.30. The second-order valence-corrected chi connectivity index (χ2v) is 7.69. The Morgan fingerprint density at radius 1 is 1.50 bits per heavy atom. The van der Waals surface area contributed by atoms with Gasteiger partial charge in [0.15, 0.2) is 4.67 Å². The molecular weight excluding hydrogens is 346 g/mol. The van der Waals surface area contributed by atoms with Crippen molar-refractivity contribution in [3.63, 3.8) is 0 Å². The molecule has 1 aliphatic heterocycles. The van der Waals surface area contributed by atoms with Gasteiger partial charge in [0.05, 0.1) is 6.54 Å². The highest BCUT2D eigenvalue weighted by molar-refractivity contribution is 9.10. The minimum atomic E-state index is -3.52. The van der Waals surface area contributed by atoms with E-state index in [4.69, 9.17) is 4.42 Å². The molecule has 0 aliphatic carbocycles. The standard InChI is InChI=1S/C12H20BrN3O3S/c1-9-8-15(3)4-5-16(9)20(17,18)11-6-10(7-14-2)19-12(11)13/h6,9,14H,4-5,7-8H2,1-3H3. The summed E-state index contributed by atoms with van der Waals surface area (Å²) in [7, 11) is 0.260. The van der Waals surface area contributed by atoms with Crippen LogP contribution in [0, 0.1) is 0 Å². The number of likely N-dealkylation sites (N-methyl/N-ethyl adjacent to an activating group) is 1. The first-order valence-corrected chi connectivity index (χ1v) is 8.72. The van der Waals surface area contributed by atoms with E-state index >= 15 is 0 Å². The van der Waals surface area contributed by atoms with Gasteiger partial charge in [-0.15, -0.1) is 0 Å². The van der Waals surface area contributed by atoms with Gasteiger partial charge in [-0.3, -0.25) is 0 Å². The lowest BCUT2D eigenvalue weighted by atomic mass is 10.2. The second-order valence-electron chi connectivity index (χ2n) is 5.11. The summed E-state index contributed by atoms with van der Waals surface area (Å²) in [6, 6.07) is 1.54. The molecule has 0 bridgehead atoms. The molecule has 1 N–H and O–H groups in total. The molecular formula is C12H20BrN3O3S. The number of hydrogen-bond acceptors (Lipinski definition) is 5. The van der Waals surface area contributed by atoms with Crippen LogP contribution in [0.25, 0.3) is 0 Å². The lowest BCUT2D eigenvalue weighted by molar-refractivity contribution is 0.170. The van der Waals surface area contributed by atoms with Gasteiger partial charge in [-0.2, -0.15) is 4.31 Å². The molecule has 1 fully saturated rings. The Hall–Kier alpha value is -0.410. The van der Waals surface area contributed by atoms with Crippen LogP contribution in [0.3, 0.4) is 0 Å². The third kappa shape index (κ3) is 3.09. The average Bonchev–Trinajstić information content (AvgIpc) is 2.71. The SMILES string of the molecule is CNCc1cc(S(=O)(=O)N2CCN(C)CC2C)c(Br)o1. The minimum absolute atomic E-state index is 0.0479. The smallest absolute Gasteiger partial charge is 0.247 e. The van der Waals surface area contributed by atoms with E-state index in [9.17, 15) is 8.42 Å². The maximum atomic E-state index is 12.7. The van der Waals surface area contributed by atoms with Gasteiger partial charge < -0.3 is 14.6 Å². The number of nitrogens with zero attached hydrogens (tertiary/aromatic N) is 2. The second kappa shape index (κ2) is 6.15. The number of sulfonamides is 1. The number of halogens is 1. The quantitative estimate of drug-likeness (QED) is 0.864. The number of hydrogen-bond donors (Lipinski definition) is 1. The van der Waals surface area contributed by atoms with Crippen LogP contribution in [0.1, 0.15) is 12.7 Å². The van der Waals surface area contributed by atoms with E-state index in [1.165, 1.54) is 0 Å². The Morgan fingerprint density at radius 3 is 2.80 bits per heavy atom. The molecule has 0 aromatic carbocycles. The molecule has 0 amide bonds.